The molecule has 0 aromatic heterocycles. The Morgan fingerprint density at radius 1 is 1.13 bits per heavy atom. The van der Waals surface area contributed by atoms with E-state index < -0.39 is 11.9 Å². The van der Waals surface area contributed by atoms with Crippen LogP contribution in [-0.2, 0) is 9.59 Å². The number of aliphatic carboxylic acids is 1. The summed E-state index contributed by atoms with van der Waals surface area (Å²) < 4.78 is 0. The van der Waals surface area contributed by atoms with Gasteiger partial charge in [0.2, 0.25) is 5.91 Å². The summed E-state index contributed by atoms with van der Waals surface area (Å²) in [6.45, 7) is 1.77. The number of hydrogen-bond acceptors (Lipinski definition) is 3. The lowest BCUT2D eigenvalue weighted by Crippen LogP contribution is -2.46. The first-order valence-electron chi connectivity index (χ1n) is 5.47. The fourth-order valence-corrected chi connectivity index (χ4v) is 2.00. The van der Waals surface area contributed by atoms with Gasteiger partial charge >= 0.3 is 5.97 Å². The van der Waals surface area contributed by atoms with E-state index >= 15 is 0 Å². The lowest BCUT2D eigenvalue weighted by atomic mass is 10.2. The number of rotatable bonds is 3. The van der Waals surface area contributed by atoms with Crippen molar-refractivity contribution in [1.82, 2.24) is 10.4 Å². The van der Waals surface area contributed by atoms with E-state index in [0.717, 1.165) is 25.9 Å². The molecule has 0 spiro atoms. The van der Waals surface area contributed by atoms with Crippen molar-refractivity contribution in [1.29, 1.82) is 0 Å². The molecule has 0 aromatic carbocycles. The molecule has 2 aliphatic rings. The number of carbonyl (C=O) groups excluding carboxylic acids is 1. The van der Waals surface area contributed by atoms with Gasteiger partial charge < -0.3 is 5.11 Å². The molecule has 1 saturated heterocycles. The number of nitrogens with zero attached hydrogens (tertiary/aromatic N) is 1. The molecular formula is C10H16N2O3. The van der Waals surface area contributed by atoms with Crippen LogP contribution in [0.3, 0.4) is 0 Å². The molecule has 0 unspecified atom stereocenters. The highest BCUT2D eigenvalue weighted by Crippen LogP contribution is 2.38. The minimum Gasteiger partial charge on any atom is -0.481 e. The molecule has 1 saturated carbocycles. The normalized spacial score (nSPS) is 30.9. The van der Waals surface area contributed by atoms with Crippen LogP contribution in [-0.4, -0.2) is 35.1 Å². The number of nitrogens with one attached hydrogen (secondary N) is 1. The molecule has 1 amide bonds. The van der Waals surface area contributed by atoms with Crippen LogP contribution in [0.5, 0.6) is 0 Å². The lowest BCUT2D eigenvalue weighted by Gasteiger charge is -2.26. The molecule has 1 aliphatic heterocycles. The molecule has 2 N–H and O–H groups in total. The van der Waals surface area contributed by atoms with E-state index in [-0.39, 0.29) is 11.8 Å². The number of amides is 1. The summed E-state index contributed by atoms with van der Waals surface area (Å²) in [5, 5.41) is 10.6. The quantitative estimate of drug-likeness (QED) is 0.702. The predicted molar refractivity (Wildman–Crippen MR) is 52.8 cm³/mol. The smallest absolute Gasteiger partial charge is 0.307 e. The number of carbonyl (C=O) groups is 2. The van der Waals surface area contributed by atoms with Crippen molar-refractivity contribution >= 4 is 11.9 Å². The highest BCUT2D eigenvalue weighted by atomic mass is 16.4. The summed E-state index contributed by atoms with van der Waals surface area (Å²) in [5.74, 6) is -1.72. The predicted octanol–water partition coefficient (Wildman–Crippen LogP) is 0.224. The van der Waals surface area contributed by atoms with Gasteiger partial charge in [-0.3, -0.25) is 15.0 Å². The molecule has 5 nitrogen and oxygen atoms in total. The van der Waals surface area contributed by atoms with Crippen LogP contribution in [0.1, 0.15) is 25.7 Å². The maximum atomic E-state index is 11.6. The van der Waals surface area contributed by atoms with E-state index in [1.54, 1.807) is 0 Å². The molecule has 0 aromatic rings. The summed E-state index contributed by atoms with van der Waals surface area (Å²) in [5.41, 5.74) is 2.80. The van der Waals surface area contributed by atoms with Gasteiger partial charge in [0.05, 0.1) is 11.8 Å². The number of piperidine rings is 1. The third-order valence-electron chi connectivity index (χ3n) is 3.07. The second kappa shape index (κ2) is 4.18. The summed E-state index contributed by atoms with van der Waals surface area (Å²) in [6, 6.07) is 0. The highest BCUT2D eigenvalue weighted by molar-refractivity contribution is 5.89. The summed E-state index contributed by atoms with van der Waals surface area (Å²) in [7, 11) is 0. The average Bonchev–Trinajstić information content (AvgIpc) is 2.98. The number of hydrazine groups is 1. The molecule has 2 rings (SSSR count). The van der Waals surface area contributed by atoms with Crippen molar-refractivity contribution in [2.45, 2.75) is 25.7 Å². The van der Waals surface area contributed by atoms with Crippen LogP contribution in [0.4, 0.5) is 0 Å². The summed E-state index contributed by atoms with van der Waals surface area (Å²) in [6.07, 6.45) is 3.92. The summed E-state index contributed by atoms with van der Waals surface area (Å²) in [4.78, 5) is 22.1. The van der Waals surface area contributed by atoms with Crippen molar-refractivity contribution in [3.05, 3.63) is 0 Å². The zero-order chi connectivity index (χ0) is 10.8. The van der Waals surface area contributed by atoms with Gasteiger partial charge in [-0.2, -0.15) is 0 Å². The molecule has 2 atom stereocenters. The van der Waals surface area contributed by atoms with Crippen molar-refractivity contribution in [3.63, 3.8) is 0 Å². The Morgan fingerprint density at radius 2 is 1.80 bits per heavy atom. The first kappa shape index (κ1) is 10.4. The monoisotopic (exact) mass is 212 g/mol. The van der Waals surface area contributed by atoms with Crippen LogP contribution >= 0.6 is 0 Å². The molecule has 1 heterocycles. The van der Waals surface area contributed by atoms with Gasteiger partial charge in [0.25, 0.3) is 0 Å². The van der Waals surface area contributed by atoms with Crippen LogP contribution in [0.2, 0.25) is 0 Å². The minimum atomic E-state index is -0.853. The Bertz CT molecular complexity index is 274. The Morgan fingerprint density at radius 3 is 2.33 bits per heavy atom. The second-order valence-corrected chi connectivity index (χ2v) is 4.31. The highest BCUT2D eigenvalue weighted by Gasteiger charge is 2.48. The van der Waals surface area contributed by atoms with Gasteiger partial charge in [0.15, 0.2) is 0 Å². The summed E-state index contributed by atoms with van der Waals surface area (Å²) >= 11 is 0. The molecular weight excluding hydrogens is 196 g/mol. The Kier molecular flexibility index (Phi) is 2.90. The van der Waals surface area contributed by atoms with Crippen molar-refractivity contribution in [3.8, 4) is 0 Å². The van der Waals surface area contributed by atoms with Crippen LogP contribution in [0.25, 0.3) is 0 Å². The van der Waals surface area contributed by atoms with Crippen molar-refractivity contribution < 1.29 is 14.7 Å². The van der Waals surface area contributed by atoms with E-state index in [1.807, 2.05) is 5.01 Å². The molecule has 2 fully saturated rings. The number of carboxylic acid groups (broad SMARTS) is 1. The Labute approximate surface area is 88.4 Å². The average molecular weight is 212 g/mol. The first-order chi connectivity index (χ1) is 7.18. The minimum absolute atomic E-state index is 0.121. The van der Waals surface area contributed by atoms with Crippen molar-refractivity contribution in [2.24, 2.45) is 11.8 Å². The number of hydrogen-bond donors (Lipinski definition) is 2. The molecule has 0 radical (unpaired) electrons. The van der Waals surface area contributed by atoms with Crippen molar-refractivity contribution in [2.75, 3.05) is 13.1 Å². The third-order valence-corrected chi connectivity index (χ3v) is 3.07. The van der Waals surface area contributed by atoms with Gasteiger partial charge in [0.1, 0.15) is 0 Å². The fourth-order valence-electron chi connectivity index (χ4n) is 2.00. The zero-order valence-electron chi connectivity index (χ0n) is 8.61. The standard InChI is InChI=1S/C10H16N2O3/c13-9(7-6-8(7)10(14)15)11-12-4-2-1-3-5-12/h7-8H,1-6H2,(H,11,13)(H,14,15)/t7-,8+/m1/s1. The van der Waals surface area contributed by atoms with E-state index in [9.17, 15) is 9.59 Å². The Hall–Kier alpha value is -1.10. The van der Waals surface area contributed by atoms with Gasteiger partial charge in [0, 0.05) is 13.1 Å². The molecule has 0 bridgehead atoms. The molecule has 15 heavy (non-hydrogen) atoms. The lowest BCUT2D eigenvalue weighted by molar-refractivity contribution is -0.140. The van der Waals surface area contributed by atoms with Gasteiger partial charge in [-0.1, -0.05) is 6.42 Å². The van der Waals surface area contributed by atoms with Gasteiger partial charge in [-0.15, -0.1) is 0 Å². The second-order valence-electron chi connectivity index (χ2n) is 4.31. The van der Waals surface area contributed by atoms with Crippen LogP contribution < -0.4 is 5.43 Å². The SMILES string of the molecule is O=C(O)[C@H]1C[C@H]1C(=O)NN1CCCCC1. The fraction of sp³-hybridized carbons (Fsp3) is 0.800. The van der Waals surface area contributed by atoms with Crippen LogP contribution in [0, 0.1) is 11.8 Å². The topological polar surface area (TPSA) is 69.6 Å². The third kappa shape index (κ3) is 2.47. The maximum absolute atomic E-state index is 11.6. The zero-order valence-corrected chi connectivity index (χ0v) is 8.61. The van der Waals surface area contributed by atoms with E-state index in [4.69, 9.17) is 5.11 Å². The van der Waals surface area contributed by atoms with E-state index in [0.29, 0.717) is 6.42 Å². The van der Waals surface area contributed by atoms with Gasteiger partial charge in [-0.25, -0.2) is 5.01 Å². The first-order valence-corrected chi connectivity index (χ1v) is 5.47. The van der Waals surface area contributed by atoms with Crippen LogP contribution in [0.15, 0.2) is 0 Å². The molecule has 5 heteroatoms. The van der Waals surface area contributed by atoms with E-state index in [2.05, 4.69) is 5.43 Å². The van der Waals surface area contributed by atoms with E-state index in [1.165, 1.54) is 6.42 Å². The number of carboxylic acids is 1. The Balaban J connectivity index is 1.75. The molecule has 1 aliphatic carbocycles. The largest absolute Gasteiger partial charge is 0.481 e. The van der Waals surface area contributed by atoms with Gasteiger partial charge in [-0.05, 0) is 19.3 Å². The maximum Gasteiger partial charge on any atom is 0.307 e. The molecule has 84 valence electrons.